The molecule has 0 spiro atoms. The highest BCUT2D eigenvalue weighted by molar-refractivity contribution is 5.37. The van der Waals surface area contributed by atoms with Gasteiger partial charge in [-0.15, -0.1) is 0 Å². The van der Waals surface area contributed by atoms with Crippen LogP contribution in [0.3, 0.4) is 0 Å². The third-order valence-electron chi connectivity index (χ3n) is 3.39. The van der Waals surface area contributed by atoms with Gasteiger partial charge in [-0.3, -0.25) is 4.90 Å². The first-order valence-corrected chi connectivity index (χ1v) is 6.80. The zero-order chi connectivity index (χ0) is 14.7. The first-order chi connectivity index (χ1) is 9.49. The molecular formula is C16H23N3O. The van der Waals surface area contributed by atoms with Gasteiger partial charge in [-0.1, -0.05) is 12.1 Å². The second-order valence-electron chi connectivity index (χ2n) is 5.40. The van der Waals surface area contributed by atoms with E-state index in [1.165, 1.54) is 11.1 Å². The molecule has 4 heteroatoms. The molecule has 0 saturated carbocycles. The average molecular weight is 273 g/mol. The van der Waals surface area contributed by atoms with Crippen molar-refractivity contribution < 1.29 is 4.74 Å². The van der Waals surface area contributed by atoms with Crippen molar-refractivity contribution in [3.05, 3.63) is 47.0 Å². The maximum Gasteiger partial charge on any atom is 0.123 e. The molecule has 2 rings (SSSR count). The van der Waals surface area contributed by atoms with Crippen LogP contribution in [0.25, 0.3) is 0 Å². The van der Waals surface area contributed by atoms with E-state index in [2.05, 4.69) is 52.8 Å². The number of imidazole rings is 1. The molecule has 0 saturated heterocycles. The van der Waals surface area contributed by atoms with Gasteiger partial charge in [-0.05, 0) is 32.5 Å². The molecular weight excluding hydrogens is 250 g/mol. The lowest BCUT2D eigenvalue weighted by Gasteiger charge is -2.18. The Kier molecular flexibility index (Phi) is 4.45. The smallest absolute Gasteiger partial charge is 0.123 e. The molecule has 0 atom stereocenters. The van der Waals surface area contributed by atoms with E-state index in [1.54, 1.807) is 7.11 Å². The number of ether oxygens (including phenoxy) is 1. The van der Waals surface area contributed by atoms with Crippen LogP contribution in [0, 0.1) is 13.8 Å². The van der Waals surface area contributed by atoms with Crippen LogP contribution < -0.4 is 4.74 Å². The van der Waals surface area contributed by atoms with E-state index in [-0.39, 0.29) is 0 Å². The third-order valence-corrected chi connectivity index (χ3v) is 3.39. The van der Waals surface area contributed by atoms with Crippen LogP contribution in [0.5, 0.6) is 5.75 Å². The van der Waals surface area contributed by atoms with Crippen LogP contribution in [-0.2, 0) is 20.1 Å². The number of hydrogen-bond acceptors (Lipinski definition) is 3. The molecule has 0 bridgehead atoms. The van der Waals surface area contributed by atoms with E-state index in [0.29, 0.717) is 0 Å². The number of aromatic nitrogens is 2. The first kappa shape index (κ1) is 14.6. The summed E-state index contributed by atoms with van der Waals surface area (Å²) in [6, 6.07) is 6.33. The lowest BCUT2D eigenvalue weighted by molar-refractivity contribution is 0.299. The first-order valence-electron chi connectivity index (χ1n) is 6.80. The average Bonchev–Trinajstić information content (AvgIpc) is 2.70. The van der Waals surface area contributed by atoms with Crippen LogP contribution in [0.1, 0.15) is 22.6 Å². The summed E-state index contributed by atoms with van der Waals surface area (Å²) in [4.78, 5) is 6.78. The van der Waals surface area contributed by atoms with Crippen LogP contribution in [0.15, 0.2) is 24.4 Å². The van der Waals surface area contributed by atoms with E-state index in [9.17, 15) is 0 Å². The van der Waals surface area contributed by atoms with Crippen molar-refractivity contribution in [2.45, 2.75) is 26.9 Å². The van der Waals surface area contributed by atoms with Crippen molar-refractivity contribution in [1.29, 1.82) is 0 Å². The van der Waals surface area contributed by atoms with Crippen molar-refractivity contribution in [2.75, 3.05) is 14.2 Å². The van der Waals surface area contributed by atoms with Gasteiger partial charge in [-0.2, -0.15) is 0 Å². The molecule has 0 aliphatic rings. The van der Waals surface area contributed by atoms with Gasteiger partial charge in [0.15, 0.2) is 0 Å². The summed E-state index contributed by atoms with van der Waals surface area (Å²) in [5, 5.41) is 0. The summed E-state index contributed by atoms with van der Waals surface area (Å²) in [5.74, 6) is 2.03. The van der Waals surface area contributed by atoms with Gasteiger partial charge in [0.25, 0.3) is 0 Å². The Morgan fingerprint density at radius 2 is 2.00 bits per heavy atom. The van der Waals surface area contributed by atoms with E-state index < -0.39 is 0 Å². The second-order valence-corrected chi connectivity index (χ2v) is 5.40. The quantitative estimate of drug-likeness (QED) is 0.839. The predicted octanol–water partition coefficient (Wildman–Crippen LogP) is 2.68. The fourth-order valence-electron chi connectivity index (χ4n) is 2.38. The Morgan fingerprint density at radius 1 is 1.25 bits per heavy atom. The molecule has 0 fully saturated rings. The summed E-state index contributed by atoms with van der Waals surface area (Å²) in [6.45, 7) is 5.76. The molecule has 0 radical (unpaired) electrons. The van der Waals surface area contributed by atoms with Gasteiger partial charge in [-0.25, -0.2) is 4.98 Å². The summed E-state index contributed by atoms with van der Waals surface area (Å²) in [7, 11) is 5.86. The Morgan fingerprint density at radius 3 is 2.60 bits per heavy atom. The maximum atomic E-state index is 5.46. The minimum absolute atomic E-state index is 0.821. The molecule has 0 N–H and O–H groups in total. The van der Waals surface area contributed by atoms with Crippen molar-refractivity contribution >= 4 is 0 Å². The SMILES string of the molecule is COc1cc(C)ccc1CN(C)Cc1nc(C)cn1C. The number of methoxy groups -OCH3 is 1. The Labute approximate surface area is 121 Å². The molecule has 4 nitrogen and oxygen atoms in total. The molecule has 1 aromatic carbocycles. The molecule has 0 aliphatic carbocycles. The maximum absolute atomic E-state index is 5.46. The van der Waals surface area contributed by atoms with Gasteiger partial charge in [0.2, 0.25) is 0 Å². The summed E-state index contributed by atoms with van der Waals surface area (Å²) in [6.07, 6.45) is 2.05. The Balaban J connectivity index is 2.08. The number of benzene rings is 1. The second kappa shape index (κ2) is 6.09. The normalized spacial score (nSPS) is 11.1. The summed E-state index contributed by atoms with van der Waals surface area (Å²) < 4.78 is 7.54. The van der Waals surface area contributed by atoms with Crippen LogP contribution in [0.2, 0.25) is 0 Å². The molecule has 0 aliphatic heterocycles. The standard InChI is InChI=1S/C16H23N3O/c1-12-6-7-14(15(8-12)20-5)10-18(3)11-16-17-13(2)9-19(16)4/h6-9H,10-11H2,1-5H3. The number of hydrogen-bond donors (Lipinski definition) is 0. The van der Waals surface area contributed by atoms with Gasteiger partial charge in [0, 0.05) is 25.4 Å². The highest BCUT2D eigenvalue weighted by atomic mass is 16.5. The molecule has 0 unspecified atom stereocenters. The van der Waals surface area contributed by atoms with Crippen molar-refractivity contribution in [1.82, 2.24) is 14.5 Å². The Bertz CT molecular complexity index is 589. The molecule has 1 aromatic heterocycles. The predicted molar refractivity (Wildman–Crippen MR) is 80.8 cm³/mol. The topological polar surface area (TPSA) is 30.3 Å². The van der Waals surface area contributed by atoms with E-state index >= 15 is 0 Å². The number of nitrogens with zero attached hydrogens (tertiary/aromatic N) is 3. The third kappa shape index (κ3) is 3.39. The fraction of sp³-hybridized carbons (Fsp3) is 0.438. The molecule has 20 heavy (non-hydrogen) atoms. The molecule has 0 amide bonds. The van der Waals surface area contributed by atoms with E-state index in [0.717, 1.165) is 30.4 Å². The van der Waals surface area contributed by atoms with Crippen LogP contribution >= 0.6 is 0 Å². The summed E-state index contributed by atoms with van der Waals surface area (Å²) >= 11 is 0. The van der Waals surface area contributed by atoms with Crippen molar-refractivity contribution in [3.63, 3.8) is 0 Å². The van der Waals surface area contributed by atoms with Crippen LogP contribution in [-0.4, -0.2) is 28.6 Å². The minimum Gasteiger partial charge on any atom is -0.496 e. The van der Waals surface area contributed by atoms with Gasteiger partial charge in [0.05, 0.1) is 19.3 Å². The number of aryl methyl sites for hydroxylation is 3. The van der Waals surface area contributed by atoms with Crippen molar-refractivity contribution in [3.8, 4) is 5.75 Å². The van der Waals surface area contributed by atoms with Crippen LogP contribution in [0.4, 0.5) is 0 Å². The minimum atomic E-state index is 0.821. The molecule has 1 heterocycles. The fourth-order valence-corrected chi connectivity index (χ4v) is 2.38. The molecule has 2 aromatic rings. The highest BCUT2D eigenvalue weighted by Crippen LogP contribution is 2.21. The highest BCUT2D eigenvalue weighted by Gasteiger charge is 2.10. The largest absolute Gasteiger partial charge is 0.496 e. The zero-order valence-corrected chi connectivity index (χ0v) is 13.0. The monoisotopic (exact) mass is 273 g/mol. The van der Waals surface area contributed by atoms with E-state index in [4.69, 9.17) is 4.74 Å². The van der Waals surface area contributed by atoms with Gasteiger partial charge in [0.1, 0.15) is 11.6 Å². The lowest BCUT2D eigenvalue weighted by atomic mass is 10.1. The number of rotatable bonds is 5. The van der Waals surface area contributed by atoms with Gasteiger partial charge >= 0.3 is 0 Å². The van der Waals surface area contributed by atoms with Gasteiger partial charge < -0.3 is 9.30 Å². The Hall–Kier alpha value is -1.81. The lowest BCUT2D eigenvalue weighted by Crippen LogP contribution is -2.20. The molecule has 108 valence electrons. The van der Waals surface area contributed by atoms with E-state index in [1.807, 2.05) is 14.0 Å². The summed E-state index contributed by atoms with van der Waals surface area (Å²) in [5.41, 5.74) is 3.48. The zero-order valence-electron chi connectivity index (χ0n) is 13.0. The van der Waals surface area contributed by atoms with Crippen molar-refractivity contribution in [2.24, 2.45) is 7.05 Å².